The van der Waals surface area contributed by atoms with Crippen molar-refractivity contribution < 1.29 is 18.4 Å². The number of aromatic nitrogens is 1. The van der Waals surface area contributed by atoms with Gasteiger partial charge < -0.3 is 14.6 Å². The van der Waals surface area contributed by atoms with E-state index in [9.17, 15) is 0 Å². The maximum Gasteiger partial charge on any atom is 0.119 e. The van der Waals surface area contributed by atoms with Crippen LogP contribution in [0.3, 0.4) is 0 Å². The maximum absolute atomic E-state index is 8.20. The summed E-state index contributed by atoms with van der Waals surface area (Å²) >= 11 is 0. The molecule has 0 radical (unpaired) electrons. The number of fused-ring (bicyclic) bond motifs is 1. The monoisotopic (exact) mass is 228 g/mol. The Bertz CT molecular complexity index is 809. The lowest BCUT2D eigenvalue weighted by molar-refractivity contribution is 0.413. The van der Waals surface area contributed by atoms with Crippen molar-refractivity contribution in [2.24, 2.45) is 0 Å². The molecule has 0 aliphatic rings. The van der Waals surface area contributed by atoms with E-state index >= 15 is 0 Å². The number of likely N-dealkylation sites (N-methyl/N-ethyl adjacent to an activating group) is 1. The Labute approximate surface area is 110 Å². The SMILES string of the molecule is [2H]c1[nH]c2c([2H])c([2H])c(OC)c([2H])c2c1CCN(C([2H])([2H])[2H])C([2H])([2H])[2H]. The Morgan fingerprint density at radius 1 is 1.50 bits per heavy atom. The Morgan fingerprint density at radius 3 is 3.12 bits per heavy atom. The maximum atomic E-state index is 8.20. The summed E-state index contributed by atoms with van der Waals surface area (Å²) in [6, 6.07) is -0.761. The van der Waals surface area contributed by atoms with Gasteiger partial charge in [0.05, 0.1) is 12.6 Å². The minimum Gasteiger partial charge on any atom is -0.497 e. The average Bonchev–Trinajstić information content (AvgIpc) is 2.80. The van der Waals surface area contributed by atoms with Gasteiger partial charge in [-0.15, -0.1) is 0 Å². The number of aromatic amines is 1. The molecule has 0 fully saturated rings. The van der Waals surface area contributed by atoms with E-state index in [-0.39, 0.29) is 52.9 Å². The van der Waals surface area contributed by atoms with Crippen molar-refractivity contribution in [3.63, 3.8) is 0 Å². The summed E-state index contributed by atoms with van der Waals surface area (Å²) in [6.45, 7) is -6.10. The number of rotatable bonds is 4. The highest BCUT2D eigenvalue weighted by Gasteiger charge is 2.05. The van der Waals surface area contributed by atoms with E-state index in [1.165, 1.54) is 7.11 Å². The molecule has 0 spiro atoms. The minimum absolute atomic E-state index is 0.0927. The van der Waals surface area contributed by atoms with E-state index in [1.54, 1.807) is 0 Å². The summed E-state index contributed by atoms with van der Waals surface area (Å²) in [5.41, 5.74) is 0.297. The molecule has 0 aliphatic carbocycles. The van der Waals surface area contributed by atoms with Crippen molar-refractivity contribution >= 4 is 10.9 Å². The number of hydrogen-bond donors (Lipinski definition) is 1. The Morgan fingerprint density at radius 2 is 2.38 bits per heavy atom. The molecule has 0 aliphatic heterocycles. The van der Waals surface area contributed by atoms with Crippen molar-refractivity contribution in [3.8, 4) is 5.75 Å². The molecule has 0 saturated heterocycles. The van der Waals surface area contributed by atoms with Crippen LogP contribution in [0.1, 0.15) is 19.3 Å². The van der Waals surface area contributed by atoms with Crippen LogP contribution in [0.25, 0.3) is 10.9 Å². The fourth-order valence-electron chi connectivity index (χ4n) is 1.42. The van der Waals surface area contributed by atoms with Gasteiger partial charge in [-0.05, 0) is 44.1 Å². The van der Waals surface area contributed by atoms with Crippen molar-refractivity contribution in [2.45, 2.75) is 6.42 Å². The lowest BCUT2D eigenvalue weighted by Crippen LogP contribution is -2.14. The van der Waals surface area contributed by atoms with E-state index < -0.39 is 20.5 Å². The zero-order valence-corrected chi connectivity index (χ0v) is 8.77. The van der Waals surface area contributed by atoms with Gasteiger partial charge in [0.1, 0.15) is 5.75 Å². The zero-order valence-electron chi connectivity index (χ0n) is 18.8. The number of nitrogens with one attached hydrogen (secondary N) is 1. The molecule has 1 aromatic heterocycles. The molecule has 2 rings (SSSR count). The average molecular weight is 228 g/mol. The van der Waals surface area contributed by atoms with Crippen LogP contribution in [-0.2, 0) is 6.42 Å². The number of methoxy groups -OCH3 is 1. The fraction of sp³-hybridized carbons (Fsp3) is 0.385. The van der Waals surface area contributed by atoms with Gasteiger partial charge in [0.2, 0.25) is 0 Å². The molecule has 2 aromatic rings. The quantitative estimate of drug-likeness (QED) is 0.869. The highest BCUT2D eigenvalue weighted by atomic mass is 16.5. The number of benzene rings is 1. The third-order valence-corrected chi connectivity index (χ3v) is 2.22. The van der Waals surface area contributed by atoms with Crippen molar-refractivity contribution in [1.29, 1.82) is 0 Å². The van der Waals surface area contributed by atoms with Crippen LogP contribution in [-0.4, -0.2) is 37.5 Å². The summed E-state index contributed by atoms with van der Waals surface area (Å²) < 4.78 is 81.4. The summed E-state index contributed by atoms with van der Waals surface area (Å²) in [4.78, 5) is 2.99. The summed E-state index contributed by atoms with van der Waals surface area (Å²) in [6.07, 6.45) is -0.299. The summed E-state index contributed by atoms with van der Waals surface area (Å²) in [5, 5.41) is 0.156. The first-order valence-corrected chi connectivity index (χ1v) is 4.73. The van der Waals surface area contributed by atoms with Gasteiger partial charge in [-0.3, -0.25) is 0 Å². The van der Waals surface area contributed by atoms with E-state index in [2.05, 4.69) is 4.98 Å². The molecule has 3 heteroatoms. The van der Waals surface area contributed by atoms with Gasteiger partial charge in [-0.1, -0.05) is 0 Å². The van der Waals surface area contributed by atoms with Crippen LogP contribution in [0.2, 0.25) is 0 Å². The van der Waals surface area contributed by atoms with Crippen molar-refractivity contribution in [1.82, 2.24) is 9.88 Å². The second-order valence-electron chi connectivity index (χ2n) is 3.29. The lowest BCUT2D eigenvalue weighted by Gasteiger charge is -2.08. The van der Waals surface area contributed by atoms with Gasteiger partial charge in [-0.25, -0.2) is 0 Å². The van der Waals surface area contributed by atoms with Crippen LogP contribution in [0.4, 0.5) is 0 Å². The van der Waals surface area contributed by atoms with E-state index in [0.29, 0.717) is 4.90 Å². The van der Waals surface area contributed by atoms with E-state index in [4.69, 9.17) is 18.4 Å². The minimum atomic E-state index is -2.85. The van der Waals surface area contributed by atoms with Crippen LogP contribution in [0.15, 0.2) is 24.3 Å². The molecular formula is C13H18N2O. The van der Waals surface area contributed by atoms with Gasteiger partial charge in [0.25, 0.3) is 0 Å². The predicted molar refractivity (Wildman–Crippen MR) is 67.1 cm³/mol. The second kappa shape index (κ2) is 4.58. The molecule has 0 atom stereocenters. The molecule has 16 heavy (non-hydrogen) atoms. The first kappa shape index (κ1) is 4.08. The summed E-state index contributed by atoms with van der Waals surface area (Å²) in [7, 11) is 1.26. The molecule has 3 nitrogen and oxygen atoms in total. The van der Waals surface area contributed by atoms with Gasteiger partial charge in [-0.2, -0.15) is 0 Å². The molecule has 0 bridgehead atoms. The zero-order chi connectivity index (χ0) is 20.0. The number of nitrogens with zero attached hydrogens (tertiary/aromatic N) is 1. The normalized spacial score (nSPS) is 21.9. The largest absolute Gasteiger partial charge is 0.497 e. The first-order chi connectivity index (χ1) is 11.8. The molecule has 1 heterocycles. The van der Waals surface area contributed by atoms with Crippen LogP contribution in [0.5, 0.6) is 5.75 Å². The number of H-pyrrole nitrogens is 1. The predicted octanol–water partition coefficient (Wildman–Crippen LogP) is 2.28. The number of hydrogen-bond acceptors (Lipinski definition) is 2. The lowest BCUT2D eigenvalue weighted by atomic mass is 10.1. The number of ether oxygens (including phenoxy) is 1. The third kappa shape index (κ3) is 2.19. The topological polar surface area (TPSA) is 28.3 Å². The molecule has 1 N–H and O–H groups in total. The van der Waals surface area contributed by atoms with Gasteiger partial charge in [0, 0.05) is 31.8 Å². The fourth-order valence-corrected chi connectivity index (χ4v) is 1.42. The molecule has 1 aromatic carbocycles. The standard InChI is InChI=1S/C13H18N2O/c1-15(2)7-6-10-9-14-13-5-4-11(16-3)8-12(10)13/h4-5,8-9,14H,6-7H2,1-3H3/i1D3,2D3,4D,5D,8D,9D. The third-order valence-electron chi connectivity index (χ3n) is 2.22. The van der Waals surface area contributed by atoms with Crippen LogP contribution in [0, 0.1) is 0 Å². The van der Waals surface area contributed by atoms with Gasteiger partial charge in [0.15, 0.2) is 0 Å². The Balaban J connectivity index is 2.54. The highest BCUT2D eigenvalue weighted by molar-refractivity contribution is 5.84. The molecular weight excluding hydrogens is 200 g/mol. The molecule has 0 saturated carbocycles. The van der Waals surface area contributed by atoms with Crippen molar-refractivity contribution in [3.05, 3.63) is 29.9 Å². The Hall–Kier alpha value is -1.48. The smallest absolute Gasteiger partial charge is 0.119 e. The first-order valence-electron chi connectivity index (χ1n) is 9.73. The highest BCUT2D eigenvalue weighted by Crippen LogP contribution is 2.23. The molecule has 0 unspecified atom stereocenters. The van der Waals surface area contributed by atoms with E-state index in [1.807, 2.05) is 0 Å². The van der Waals surface area contributed by atoms with E-state index in [0.717, 1.165) is 0 Å². The Kier molecular flexibility index (Phi) is 1.17. The summed E-state index contributed by atoms with van der Waals surface area (Å²) in [5.74, 6) is -0.133. The molecule has 86 valence electrons. The van der Waals surface area contributed by atoms with Crippen LogP contribution >= 0.6 is 0 Å². The second-order valence-corrected chi connectivity index (χ2v) is 3.29. The molecule has 0 amide bonds. The van der Waals surface area contributed by atoms with Crippen molar-refractivity contribution in [2.75, 3.05) is 27.6 Å². The van der Waals surface area contributed by atoms with Gasteiger partial charge >= 0.3 is 0 Å². The van der Waals surface area contributed by atoms with Crippen LogP contribution < -0.4 is 4.74 Å².